The molecule has 2 aromatic carbocycles. The van der Waals surface area contributed by atoms with Gasteiger partial charge in [0.05, 0.1) is 19.2 Å². The normalized spacial score (nSPS) is 13.1. The lowest BCUT2D eigenvalue weighted by atomic mass is 9.99. The van der Waals surface area contributed by atoms with Gasteiger partial charge in [-0.05, 0) is 49.6 Å². The first-order valence-corrected chi connectivity index (χ1v) is 8.39. The zero-order valence-corrected chi connectivity index (χ0v) is 14.5. The van der Waals surface area contributed by atoms with Crippen molar-refractivity contribution in [2.45, 2.75) is 19.8 Å². The second kappa shape index (κ2) is 7.38. The van der Waals surface area contributed by atoms with Gasteiger partial charge in [0.2, 0.25) is 5.91 Å². The molecule has 0 saturated heterocycles. The lowest BCUT2D eigenvalue weighted by molar-refractivity contribution is -0.115. The summed E-state index contributed by atoms with van der Waals surface area (Å²) >= 11 is 0. The Hall–Kier alpha value is -2.82. The predicted octanol–water partition coefficient (Wildman–Crippen LogP) is 3.17. The summed E-state index contributed by atoms with van der Waals surface area (Å²) in [5.41, 5.74) is 4.68. The minimum absolute atomic E-state index is 0.101. The molecule has 130 valence electrons. The van der Waals surface area contributed by atoms with E-state index in [1.165, 1.54) is 18.2 Å². The number of anilines is 2. The van der Waals surface area contributed by atoms with Gasteiger partial charge < -0.3 is 15.0 Å². The number of hydrogen-bond donors (Lipinski definition) is 1. The molecule has 0 atom stereocenters. The Bertz CT molecular complexity index is 801. The molecule has 1 aliphatic rings. The third kappa shape index (κ3) is 3.99. The van der Waals surface area contributed by atoms with Crippen molar-refractivity contribution in [3.8, 4) is 0 Å². The molecule has 0 saturated carbocycles. The molecule has 0 aromatic heterocycles. The smallest absolute Gasteiger partial charge is 0.337 e. The SMILES string of the molecule is COC(=O)c1cccc(NC(=O)CN2CCCc3cc(C)ccc32)c1. The van der Waals surface area contributed by atoms with Gasteiger partial charge in [-0.15, -0.1) is 0 Å². The zero-order valence-electron chi connectivity index (χ0n) is 14.5. The monoisotopic (exact) mass is 338 g/mol. The summed E-state index contributed by atoms with van der Waals surface area (Å²) in [5.74, 6) is -0.521. The highest BCUT2D eigenvalue weighted by Crippen LogP contribution is 2.27. The molecule has 0 bridgehead atoms. The number of nitrogens with one attached hydrogen (secondary N) is 1. The average molecular weight is 338 g/mol. The van der Waals surface area contributed by atoms with Gasteiger partial charge in [0.25, 0.3) is 0 Å². The van der Waals surface area contributed by atoms with E-state index in [1.54, 1.807) is 24.3 Å². The summed E-state index contributed by atoms with van der Waals surface area (Å²) in [6, 6.07) is 13.1. The molecule has 3 rings (SSSR count). The highest BCUT2D eigenvalue weighted by atomic mass is 16.5. The third-order valence-corrected chi connectivity index (χ3v) is 4.35. The second-order valence-electron chi connectivity index (χ2n) is 6.28. The van der Waals surface area contributed by atoms with Gasteiger partial charge in [0.1, 0.15) is 0 Å². The number of carbonyl (C=O) groups is 2. The summed E-state index contributed by atoms with van der Waals surface area (Å²) in [5, 5.41) is 2.86. The summed E-state index contributed by atoms with van der Waals surface area (Å²) in [4.78, 5) is 26.1. The fourth-order valence-electron chi connectivity index (χ4n) is 3.18. The van der Waals surface area contributed by atoms with Gasteiger partial charge >= 0.3 is 5.97 Å². The molecule has 0 aliphatic carbocycles. The molecular weight excluding hydrogens is 316 g/mol. The molecule has 0 unspecified atom stereocenters. The molecule has 1 amide bonds. The van der Waals surface area contributed by atoms with Crippen LogP contribution < -0.4 is 10.2 Å². The molecule has 1 N–H and O–H groups in total. The summed E-state index contributed by atoms with van der Waals surface area (Å²) in [6.07, 6.45) is 2.10. The molecular formula is C20H22N2O3. The van der Waals surface area contributed by atoms with Crippen LogP contribution in [-0.2, 0) is 16.0 Å². The Kier molecular flexibility index (Phi) is 5.03. The van der Waals surface area contributed by atoms with Crippen molar-refractivity contribution in [1.82, 2.24) is 0 Å². The van der Waals surface area contributed by atoms with Gasteiger partial charge in [-0.3, -0.25) is 4.79 Å². The lowest BCUT2D eigenvalue weighted by Gasteiger charge is -2.31. The van der Waals surface area contributed by atoms with E-state index in [0.29, 0.717) is 17.8 Å². The van der Waals surface area contributed by atoms with E-state index >= 15 is 0 Å². The molecule has 25 heavy (non-hydrogen) atoms. The fraction of sp³-hybridized carbons (Fsp3) is 0.300. The van der Waals surface area contributed by atoms with Gasteiger partial charge in [-0.1, -0.05) is 23.8 Å². The highest BCUT2D eigenvalue weighted by molar-refractivity contribution is 5.96. The molecule has 1 aliphatic heterocycles. The van der Waals surface area contributed by atoms with Crippen LogP contribution in [0.15, 0.2) is 42.5 Å². The number of hydrogen-bond acceptors (Lipinski definition) is 4. The maximum atomic E-state index is 12.4. The van der Waals surface area contributed by atoms with Crippen LogP contribution in [0.1, 0.15) is 27.9 Å². The number of carbonyl (C=O) groups excluding carboxylic acids is 2. The average Bonchev–Trinajstić information content (AvgIpc) is 2.61. The van der Waals surface area contributed by atoms with E-state index < -0.39 is 5.97 Å². The van der Waals surface area contributed by atoms with E-state index in [1.807, 2.05) is 0 Å². The lowest BCUT2D eigenvalue weighted by Crippen LogP contribution is -2.36. The van der Waals surface area contributed by atoms with Crippen LogP contribution in [0.2, 0.25) is 0 Å². The number of ether oxygens (including phenoxy) is 1. The van der Waals surface area contributed by atoms with Gasteiger partial charge in [0, 0.05) is 17.9 Å². The van der Waals surface area contributed by atoms with Crippen molar-refractivity contribution >= 4 is 23.3 Å². The van der Waals surface area contributed by atoms with Crippen LogP contribution in [0, 0.1) is 6.92 Å². The van der Waals surface area contributed by atoms with Crippen LogP contribution in [0.25, 0.3) is 0 Å². The van der Waals surface area contributed by atoms with Crippen LogP contribution in [0.5, 0.6) is 0 Å². The van der Waals surface area contributed by atoms with Crippen molar-refractivity contribution in [1.29, 1.82) is 0 Å². The number of benzene rings is 2. The molecule has 0 radical (unpaired) electrons. The van der Waals surface area contributed by atoms with Gasteiger partial charge in [-0.25, -0.2) is 4.79 Å². The van der Waals surface area contributed by atoms with Crippen LogP contribution in [0.3, 0.4) is 0 Å². The molecule has 5 heteroatoms. The summed E-state index contributed by atoms with van der Waals surface area (Å²) in [7, 11) is 1.34. The zero-order chi connectivity index (χ0) is 17.8. The number of aryl methyl sites for hydroxylation is 2. The maximum absolute atomic E-state index is 12.4. The largest absolute Gasteiger partial charge is 0.465 e. The van der Waals surface area contributed by atoms with E-state index in [0.717, 1.165) is 25.1 Å². The number of amides is 1. The molecule has 5 nitrogen and oxygen atoms in total. The number of rotatable bonds is 4. The van der Waals surface area contributed by atoms with Gasteiger partial charge in [0.15, 0.2) is 0 Å². The van der Waals surface area contributed by atoms with E-state index in [9.17, 15) is 9.59 Å². The molecule has 0 spiro atoms. The Balaban J connectivity index is 1.69. The minimum atomic E-state index is -0.420. The van der Waals surface area contributed by atoms with Crippen LogP contribution in [0.4, 0.5) is 11.4 Å². The third-order valence-electron chi connectivity index (χ3n) is 4.35. The molecule has 2 aromatic rings. The Morgan fingerprint density at radius 1 is 1.20 bits per heavy atom. The Labute approximate surface area is 147 Å². The minimum Gasteiger partial charge on any atom is -0.465 e. The highest BCUT2D eigenvalue weighted by Gasteiger charge is 2.19. The molecule has 1 heterocycles. The van der Waals surface area contributed by atoms with Crippen molar-refractivity contribution in [2.24, 2.45) is 0 Å². The second-order valence-corrected chi connectivity index (χ2v) is 6.28. The quantitative estimate of drug-likeness (QED) is 0.870. The van der Waals surface area contributed by atoms with Gasteiger partial charge in [-0.2, -0.15) is 0 Å². The van der Waals surface area contributed by atoms with E-state index in [2.05, 4.69) is 35.3 Å². The maximum Gasteiger partial charge on any atom is 0.337 e. The van der Waals surface area contributed by atoms with Crippen molar-refractivity contribution in [3.63, 3.8) is 0 Å². The van der Waals surface area contributed by atoms with Crippen molar-refractivity contribution < 1.29 is 14.3 Å². The first kappa shape index (κ1) is 17.0. The Morgan fingerprint density at radius 3 is 2.84 bits per heavy atom. The first-order valence-electron chi connectivity index (χ1n) is 8.39. The van der Waals surface area contributed by atoms with Crippen LogP contribution >= 0.6 is 0 Å². The number of methoxy groups -OCH3 is 1. The fourth-order valence-corrected chi connectivity index (χ4v) is 3.18. The van der Waals surface area contributed by atoms with E-state index in [4.69, 9.17) is 4.74 Å². The Morgan fingerprint density at radius 2 is 2.04 bits per heavy atom. The topological polar surface area (TPSA) is 58.6 Å². The van der Waals surface area contributed by atoms with Crippen molar-refractivity contribution in [3.05, 3.63) is 59.2 Å². The summed E-state index contributed by atoms with van der Waals surface area (Å²) < 4.78 is 4.71. The van der Waals surface area contributed by atoms with Crippen LogP contribution in [-0.4, -0.2) is 32.1 Å². The standard InChI is InChI=1S/C20H22N2O3/c1-14-8-9-18-15(11-14)6-4-10-22(18)13-19(23)21-17-7-3-5-16(12-17)20(24)25-2/h3,5,7-9,11-12H,4,6,10,13H2,1-2H3,(H,21,23). The number of nitrogens with zero attached hydrogens (tertiary/aromatic N) is 1. The number of esters is 1. The number of fused-ring (bicyclic) bond motifs is 1. The van der Waals surface area contributed by atoms with E-state index in [-0.39, 0.29) is 5.91 Å². The van der Waals surface area contributed by atoms with Crippen molar-refractivity contribution in [2.75, 3.05) is 30.4 Å². The summed E-state index contributed by atoms with van der Waals surface area (Å²) in [6.45, 7) is 3.24. The predicted molar refractivity (Wildman–Crippen MR) is 98.1 cm³/mol. The molecule has 0 fully saturated rings. The first-order chi connectivity index (χ1) is 12.1.